The largest absolute Gasteiger partial charge is 0.490 e. The second-order valence-corrected chi connectivity index (χ2v) is 9.70. The number of hydrogen-bond acceptors (Lipinski definition) is 5. The quantitative estimate of drug-likeness (QED) is 0.716. The Kier molecular flexibility index (Phi) is 4.99. The molecule has 2 aromatic carbocycles. The molecule has 31 heavy (non-hydrogen) atoms. The zero-order chi connectivity index (χ0) is 22.6. The summed E-state index contributed by atoms with van der Waals surface area (Å²) < 4.78 is 12.3. The molecule has 164 valence electrons. The summed E-state index contributed by atoms with van der Waals surface area (Å²) in [4.78, 5) is 16.7. The minimum absolute atomic E-state index is 0.228. The van der Waals surface area contributed by atoms with Crippen LogP contribution in [0.3, 0.4) is 0 Å². The molecular weight excluding hydrogens is 390 g/mol. The molecule has 0 radical (unpaired) electrons. The number of ether oxygens (including phenoxy) is 2. The third kappa shape index (κ3) is 3.99. The van der Waals surface area contributed by atoms with Crippen molar-refractivity contribution in [1.29, 1.82) is 0 Å². The lowest BCUT2D eigenvalue weighted by Crippen LogP contribution is -2.31. The molecule has 0 bridgehead atoms. The van der Waals surface area contributed by atoms with Gasteiger partial charge >= 0.3 is 0 Å². The Bertz CT molecular complexity index is 1100. The Balaban J connectivity index is 1.82. The lowest BCUT2D eigenvalue weighted by Gasteiger charge is -2.31. The molecule has 0 atom stereocenters. The van der Waals surface area contributed by atoms with E-state index in [9.17, 15) is 4.79 Å². The molecule has 1 amide bonds. The van der Waals surface area contributed by atoms with E-state index < -0.39 is 5.91 Å². The van der Waals surface area contributed by atoms with Crippen molar-refractivity contribution in [2.24, 2.45) is 10.7 Å². The number of aliphatic imine (C=N–C) groups is 1. The maximum Gasteiger partial charge on any atom is 0.250 e. The van der Waals surface area contributed by atoms with Crippen LogP contribution >= 0.6 is 0 Å². The number of carbonyl (C=O) groups is 1. The lowest BCUT2D eigenvalue weighted by atomic mass is 9.81. The highest BCUT2D eigenvalue weighted by Crippen LogP contribution is 2.47. The lowest BCUT2D eigenvalue weighted by molar-refractivity contribution is 0.100. The number of nitrogens with zero attached hydrogens (tertiary/aromatic N) is 1. The van der Waals surface area contributed by atoms with Crippen LogP contribution in [0.25, 0.3) is 0 Å². The molecule has 0 saturated carbocycles. The topological polar surface area (TPSA) is 99.9 Å². The van der Waals surface area contributed by atoms with Gasteiger partial charge in [0.1, 0.15) is 5.60 Å². The van der Waals surface area contributed by atoms with E-state index in [2.05, 4.69) is 33.8 Å². The Morgan fingerprint density at radius 3 is 2.58 bits per heavy atom. The monoisotopic (exact) mass is 421 g/mol. The van der Waals surface area contributed by atoms with Gasteiger partial charge in [-0.25, -0.2) is 0 Å². The van der Waals surface area contributed by atoms with Crippen LogP contribution in [0.1, 0.15) is 67.2 Å². The first-order chi connectivity index (χ1) is 14.5. The van der Waals surface area contributed by atoms with Crippen LogP contribution in [0.15, 0.2) is 29.3 Å². The molecule has 0 fully saturated rings. The van der Waals surface area contributed by atoms with Crippen LogP contribution in [0.2, 0.25) is 0 Å². The number of fused-ring (bicyclic) bond motifs is 3. The molecule has 0 spiro atoms. The highest BCUT2D eigenvalue weighted by molar-refractivity contribution is 6.07. The number of anilines is 1. The zero-order valence-electron chi connectivity index (χ0n) is 19.0. The fourth-order valence-corrected chi connectivity index (χ4v) is 4.73. The predicted molar refractivity (Wildman–Crippen MR) is 123 cm³/mol. The van der Waals surface area contributed by atoms with Crippen LogP contribution in [-0.2, 0) is 19.3 Å². The summed E-state index contributed by atoms with van der Waals surface area (Å²) in [6.07, 6.45) is 2.25. The average molecular weight is 422 g/mol. The van der Waals surface area contributed by atoms with Crippen LogP contribution in [0, 0.1) is 0 Å². The molecule has 2 aliphatic rings. The molecule has 0 aromatic heterocycles. The Hall–Kier alpha value is -3.02. The highest BCUT2D eigenvalue weighted by atomic mass is 16.5. The van der Waals surface area contributed by atoms with E-state index in [-0.39, 0.29) is 11.1 Å². The van der Waals surface area contributed by atoms with Crippen molar-refractivity contribution in [3.05, 3.63) is 52.1 Å². The van der Waals surface area contributed by atoms with E-state index in [1.165, 1.54) is 16.7 Å². The second kappa shape index (κ2) is 7.29. The van der Waals surface area contributed by atoms with Gasteiger partial charge in [0, 0.05) is 35.4 Å². The van der Waals surface area contributed by atoms with Gasteiger partial charge in [-0.3, -0.25) is 9.79 Å². The maximum atomic E-state index is 11.5. The molecule has 4 N–H and O–H groups in total. The van der Waals surface area contributed by atoms with Crippen LogP contribution < -0.4 is 20.9 Å². The van der Waals surface area contributed by atoms with Gasteiger partial charge in [0.15, 0.2) is 11.5 Å². The second-order valence-electron chi connectivity index (χ2n) is 9.70. The van der Waals surface area contributed by atoms with Crippen molar-refractivity contribution in [1.82, 2.24) is 0 Å². The number of hydrogen-bond donors (Lipinski definition) is 2. The van der Waals surface area contributed by atoms with E-state index in [1.54, 1.807) is 6.07 Å². The summed E-state index contributed by atoms with van der Waals surface area (Å²) >= 11 is 0. The number of carbonyl (C=O) groups excluding carboxylic acids is 1. The molecule has 0 unspecified atom stereocenters. The molecule has 0 aliphatic carbocycles. The van der Waals surface area contributed by atoms with Crippen molar-refractivity contribution in [2.75, 3.05) is 12.3 Å². The van der Waals surface area contributed by atoms with Gasteiger partial charge in [0.2, 0.25) is 0 Å². The average Bonchev–Trinajstić information content (AvgIpc) is 2.95. The van der Waals surface area contributed by atoms with Crippen LogP contribution in [-0.4, -0.2) is 29.4 Å². The van der Waals surface area contributed by atoms with Crippen molar-refractivity contribution in [2.45, 2.75) is 65.0 Å². The highest BCUT2D eigenvalue weighted by Gasteiger charge is 2.39. The molecule has 4 rings (SSSR count). The van der Waals surface area contributed by atoms with E-state index in [4.69, 9.17) is 25.9 Å². The molecule has 6 heteroatoms. The first kappa shape index (κ1) is 21.2. The Morgan fingerprint density at radius 1 is 1.19 bits per heavy atom. The standard InChI is InChI=1S/C25H31N3O3/c1-6-30-20-11-15-12-24(2,3)28-19(21(15)17-13-25(4,5)31-22(17)20)10-14-7-8-16(23(27)29)18(26)9-14/h7-9,11H,6,10,12-13,26H2,1-5H3,(H2,27,29). The zero-order valence-corrected chi connectivity index (χ0v) is 19.0. The van der Waals surface area contributed by atoms with Crippen molar-refractivity contribution >= 4 is 17.3 Å². The SMILES string of the molecule is CCOc1cc2c(c3c1OC(C)(C)C3)C(Cc1ccc(C(N)=O)c(N)c1)=NC(C)(C)C2. The van der Waals surface area contributed by atoms with E-state index >= 15 is 0 Å². The fourth-order valence-electron chi connectivity index (χ4n) is 4.73. The first-order valence-electron chi connectivity index (χ1n) is 10.8. The number of rotatable bonds is 5. The van der Waals surface area contributed by atoms with Crippen molar-refractivity contribution in [3.8, 4) is 11.5 Å². The number of nitrogen functional groups attached to an aromatic ring is 1. The minimum atomic E-state index is -0.522. The molecule has 6 nitrogen and oxygen atoms in total. The van der Waals surface area contributed by atoms with Gasteiger partial charge in [-0.05, 0) is 70.4 Å². The van der Waals surface area contributed by atoms with Crippen molar-refractivity contribution < 1.29 is 14.3 Å². The van der Waals surface area contributed by atoms with Gasteiger partial charge in [0.05, 0.1) is 17.7 Å². The summed E-state index contributed by atoms with van der Waals surface area (Å²) in [7, 11) is 0. The van der Waals surface area contributed by atoms with Crippen LogP contribution in [0.4, 0.5) is 5.69 Å². The third-order valence-electron chi connectivity index (χ3n) is 5.81. The number of primary amides is 1. The van der Waals surface area contributed by atoms with Crippen molar-refractivity contribution in [3.63, 3.8) is 0 Å². The van der Waals surface area contributed by atoms with E-state index in [0.29, 0.717) is 24.3 Å². The summed E-state index contributed by atoms with van der Waals surface area (Å²) in [5, 5.41) is 0. The van der Waals surface area contributed by atoms with Gasteiger partial charge in [0.25, 0.3) is 5.91 Å². The summed E-state index contributed by atoms with van der Waals surface area (Å²) in [6.45, 7) is 11.1. The van der Waals surface area contributed by atoms with E-state index in [1.807, 2.05) is 19.1 Å². The number of benzene rings is 2. The Morgan fingerprint density at radius 2 is 1.94 bits per heavy atom. The van der Waals surface area contributed by atoms with Gasteiger partial charge in [-0.2, -0.15) is 0 Å². The third-order valence-corrected chi connectivity index (χ3v) is 5.81. The normalized spacial score (nSPS) is 17.9. The number of nitrogens with two attached hydrogens (primary N) is 2. The van der Waals surface area contributed by atoms with E-state index in [0.717, 1.165) is 35.6 Å². The number of amides is 1. The molecule has 0 saturated heterocycles. The van der Waals surface area contributed by atoms with Gasteiger partial charge in [-0.1, -0.05) is 6.07 Å². The molecular formula is C25H31N3O3. The predicted octanol–water partition coefficient (Wildman–Crippen LogP) is 3.85. The summed E-state index contributed by atoms with van der Waals surface area (Å²) in [6, 6.07) is 7.53. The summed E-state index contributed by atoms with van der Waals surface area (Å²) in [5.41, 5.74) is 17.3. The molecule has 2 aromatic rings. The van der Waals surface area contributed by atoms with Crippen LogP contribution in [0.5, 0.6) is 11.5 Å². The first-order valence-corrected chi connectivity index (χ1v) is 10.8. The molecule has 2 aliphatic heterocycles. The summed E-state index contributed by atoms with van der Waals surface area (Å²) in [5.74, 6) is 1.13. The fraction of sp³-hybridized carbons (Fsp3) is 0.440. The van der Waals surface area contributed by atoms with Gasteiger partial charge in [-0.15, -0.1) is 0 Å². The van der Waals surface area contributed by atoms with Gasteiger partial charge < -0.3 is 20.9 Å². The maximum absolute atomic E-state index is 11.5. The molecule has 2 heterocycles. The smallest absolute Gasteiger partial charge is 0.250 e. The Labute approximate surface area is 183 Å². The minimum Gasteiger partial charge on any atom is -0.490 e.